The van der Waals surface area contributed by atoms with Crippen LogP contribution in [0.1, 0.15) is 22.8 Å². The number of carbonyl (C=O) groups is 2. The Labute approximate surface area is 88.7 Å². The summed E-state index contributed by atoms with van der Waals surface area (Å²) < 4.78 is 0. The van der Waals surface area contributed by atoms with Gasteiger partial charge in [0.2, 0.25) is 5.91 Å². The van der Waals surface area contributed by atoms with E-state index in [1.165, 1.54) is 6.92 Å². The van der Waals surface area contributed by atoms with Gasteiger partial charge in [0.05, 0.1) is 6.54 Å². The van der Waals surface area contributed by atoms with Crippen LogP contribution >= 0.6 is 0 Å². The molecular formula is C12H13NO2. The number of hydrogen-bond donors (Lipinski definition) is 0. The smallest absolute Gasteiger partial charge is 0.219 e. The molecule has 2 rings (SSSR count). The van der Waals surface area contributed by atoms with Gasteiger partial charge in [0.1, 0.15) is 0 Å². The first-order valence-electron chi connectivity index (χ1n) is 5.05. The summed E-state index contributed by atoms with van der Waals surface area (Å²) in [5.74, 6) is 0.00876. The minimum atomic E-state index is -0.0313. The van der Waals surface area contributed by atoms with Crippen molar-refractivity contribution in [2.45, 2.75) is 13.3 Å². The van der Waals surface area contributed by atoms with E-state index in [1.807, 2.05) is 24.3 Å². The number of carbonyl (C=O) groups excluding carboxylic acids is 2. The number of amides is 1. The molecule has 0 N–H and O–H groups in total. The van der Waals surface area contributed by atoms with Crippen LogP contribution in [0.25, 0.3) is 0 Å². The Balaban J connectivity index is 2.32. The molecule has 0 aromatic heterocycles. The first-order chi connectivity index (χ1) is 7.18. The van der Waals surface area contributed by atoms with Crippen LogP contribution in [0.3, 0.4) is 0 Å². The van der Waals surface area contributed by atoms with Crippen LogP contribution in [0.15, 0.2) is 24.3 Å². The van der Waals surface area contributed by atoms with Gasteiger partial charge >= 0.3 is 0 Å². The summed E-state index contributed by atoms with van der Waals surface area (Å²) in [6, 6.07) is 7.58. The van der Waals surface area contributed by atoms with Crippen molar-refractivity contribution in [3.8, 4) is 0 Å². The third kappa shape index (κ3) is 1.91. The first kappa shape index (κ1) is 9.90. The maximum Gasteiger partial charge on any atom is 0.219 e. The zero-order chi connectivity index (χ0) is 10.8. The summed E-state index contributed by atoms with van der Waals surface area (Å²) in [7, 11) is 0. The Morgan fingerprint density at radius 3 is 2.80 bits per heavy atom. The average molecular weight is 203 g/mol. The molecule has 0 fully saturated rings. The van der Waals surface area contributed by atoms with E-state index >= 15 is 0 Å². The summed E-state index contributed by atoms with van der Waals surface area (Å²) >= 11 is 0. The van der Waals surface area contributed by atoms with Crippen molar-refractivity contribution in [3.05, 3.63) is 35.4 Å². The molecule has 1 aliphatic rings. The quantitative estimate of drug-likeness (QED) is 0.637. The normalized spacial score (nSPS) is 15.8. The molecule has 1 aliphatic heterocycles. The third-order valence-corrected chi connectivity index (χ3v) is 2.75. The molecule has 0 atom stereocenters. The molecule has 0 radical (unpaired) electrons. The molecule has 0 spiro atoms. The molecule has 1 aromatic carbocycles. The number of ketones is 1. The lowest BCUT2D eigenvalue weighted by Gasteiger charge is -2.16. The number of Topliss-reactive ketones (excluding diaryl/α,β-unsaturated/α-hetero) is 1. The zero-order valence-electron chi connectivity index (χ0n) is 8.69. The highest BCUT2D eigenvalue weighted by Crippen LogP contribution is 2.15. The molecule has 0 bridgehead atoms. The van der Waals surface area contributed by atoms with E-state index in [9.17, 15) is 9.59 Å². The summed E-state index contributed by atoms with van der Waals surface area (Å²) in [6.45, 7) is 2.35. The standard InChI is InChI=1S/C12H13NO2/c1-9(14)13-7-6-10-4-2-3-5-11(10)12(15)8-13/h2-5H,6-8H2,1H3. The van der Waals surface area contributed by atoms with Crippen molar-refractivity contribution >= 4 is 11.7 Å². The highest BCUT2D eigenvalue weighted by Gasteiger charge is 2.21. The topological polar surface area (TPSA) is 37.4 Å². The molecule has 15 heavy (non-hydrogen) atoms. The maximum absolute atomic E-state index is 11.8. The predicted octanol–water partition coefficient (Wildman–Crippen LogP) is 1.27. The maximum atomic E-state index is 11.8. The molecule has 0 unspecified atom stereocenters. The number of fused-ring (bicyclic) bond motifs is 1. The molecule has 3 heteroatoms. The van der Waals surface area contributed by atoms with Crippen LogP contribution in [0.5, 0.6) is 0 Å². The van der Waals surface area contributed by atoms with E-state index in [0.29, 0.717) is 6.54 Å². The van der Waals surface area contributed by atoms with Gasteiger partial charge in [-0.05, 0) is 12.0 Å². The van der Waals surface area contributed by atoms with Gasteiger partial charge in [-0.1, -0.05) is 24.3 Å². The summed E-state index contributed by atoms with van der Waals surface area (Å²) in [5, 5.41) is 0. The van der Waals surface area contributed by atoms with Crippen molar-refractivity contribution in [2.24, 2.45) is 0 Å². The van der Waals surface area contributed by atoms with E-state index in [0.717, 1.165) is 17.5 Å². The number of rotatable bonds is 0. The van der Waals surface area contributed by atoms with Gasteiger partial charge in [0.15, 0.2) is 5.78 Å². The van der Waals surface area contributed by atoms with Gasteiger partial charge in [-0.2, -0.15) is 0 Å². The largest absolute Gasteiger partial charge is 0.335 e. The van der Waals surface area contributed by atoms with Crippen LogP contribution < -0.4 is 0 Å². The van der Waals surface area contributed by atoms with Gasteiger partial charge in [-0.15, -0.1) is 0 Å². The minimum Gasteiger partial charge on any atom is -0.335 e. The number of nitrogens with zero attached hydrogens (tertiary/aromatic N) is 1. The van der Waals surface area contributed by atoms with Gasteiger partial charge in [0.25, 0.3) is 0 Å². The Bertz CT molecular complexity index is 412. The molecular weight excluding hydrogens is 190 g/mol. The van der Waals surface area contributed by atoms with Crippen LogP contribution in [0.2, 0.25) is 0 Å². The van der Waals surface area contributed by atoms with Gasteiger partial charge in [-0.25, -0.2) is 0 Å². The monoisotopic (exact) mass is 203 g/mol. The van der Waals surface area contributed by atoms with E-state index in [-0.39, 0.29) is 18.2 Å². The van der Waals surface area contributed by atoms with E-state index in [2.05, 4.69) is 0 Å². The van der Waals surface area contributed by atoms with Crippen LogP contribution in [0, 0.1) is 0 Å². The van der Waals surface area contributed by atoms with Crippen LogP contribution in [-0.4, -0.2) is 29.7 Å². The van der Waals surface area contributed by atoms with Crippen molar-refractivity contribution in [2.75, 3.05) is 13.1 Å². The first-order valence-corrected chi connectivity index (χ1v) is 5.05. The Hall–Kier alpha value is -1.64. The SMILES string of the molecule is CC(=O)N1CCc2ccccc2C(=O)C1. The highest BCUT2D eigenvalue weighted by molar-refractivity contribution is 6.00. The Morgan fingerprint density at radius 1 is 1.33 bits per heavy atom. The van der Waals surface area contributed by atoms with Crippen molar-refractivity contribution in [3.63, 3.8) is 0 Å². The van der Waals surface area contributed by atoms with Crippen molar-refractivity contribution in [1.82, 2.24) is 4.90 Å². The lowest BCUT2D eigenvalue weighted by molar-refractivity contribution is -0.128. The van der Waals surface area contributed by atoms with Crippen LogP contribution in [0.4, 0.5) is 0 Å². The van der Waals surface area contributed by atoms with Gasteiger partial charge < -0.3 is 4.90 Å². The second-order valence-corrected chi connectivity index (χ2v) is 3.77. The fraction of sp³-hybridized carbons (Fsp3) is 0.333. The molecule has 0 saturated heterocycles. The second-order valence-electron chi connectivity index (χ2n) is 3.77. The molecule has 0 saturated carbocycles. The summed E-state index contributed by atoms with van der Waals surface area (Å²) in [5.41, 5.74) is 1.81. The molecule has 1 aromatic rings. The zero-order valence-corrected chi connectivity index (χ0v) is 8.69. The molecule has 0 aliphatic carbocycles. The van der Waals surface area contributed by atoms with Gasteiger partial charge in [-0.3, -0.25) is 9.59 Å². The Kier molecular flexibility index (Phi) is 2.54. The van der Waals surface area contributed by atoms with E-state index in [4.69, 9.17) is 0 Å². The fourth-order valence-electron chi connectivity index (χ4n) is 1.87. The predicted molar refractivity (Wildman–Crippen MR) is 56.7 cm³/mol. The van der Waals surface area contributed by atoms with E-state index in [1.54, 1.807) is 4.90 Å². The van der Waals surface area contributed by atoms with Gasteiger partial charge in [0, 0.05) is 19.0 Å². The van der Waals surface area contributed by atoms with Crippen molar-refractivity contribution in [1.29, 1.82) is 0 Å². The molecule has 1 heterocycles. The lowest BCUT2D eigenvalue weighted by atomic mass is 10.0. The fourth-order valence-corrected chi connectivity index (χ4v) is 1.87. The summed E-state index contributed by atoms with van der Waals surface area (Å²) in [6.07, 6.45) is 0.765. The molecule has 78 valence electrons. The van der Waals surface area contributed by atoms with Crippen LogP contribution in [-0.2, 0) is 11.2 Å². The minimum absolute atomic E-state index is 0.0313. The number of benzene rings is 1. The Morgan fingerprint density at radius 2 is 2.07 bits per heavy atom. The average Bonchev–Trinajstić information content (AvgIpc) is 2.39. The number of hydrogen-bond acceptors (Lipinski definition) is 2. The second kappa shape index (κ2) is 3.85. The molecule has 3 nitrogen and oxygen atoms in total. The lowest BCUT2D eigenvalue weighted by Crippen LogP contribution is -2.33. The molecule has 1 amide bonds. The highest BCUT2D eigenvalue weighted by atomic mass is 16.2. The van der Waals surface area contributed by atoms with E-state index < -0.39 is 0 Å². The third-order valence-electron chi connectivity index (χ3n) is 2.75. The van der Waals surface area contributed by atoms with Crippen molar-refractivity contribution < 1.29 is 9.59 Å². The summed E-state index contributed by atoms with van der Waals surface area (Å²) in [4.78, 5) is 24.6.